The molecule has 7 nitrogen and oxygen atoms in total. The average molecular weight is 420 g/mol. The van der Waals surface area contributed by atoms with Gasteiger partial charge in [-0.25, -0.2) is 14.5 Å². The van der Waals surface area contributed by atoms with Gasteiger partial charge in [0.2, 0.25) is 0 Å². The molecule has 3 rings (SSSR count). The van der Waals surface area contributed by atoms with Crippen LogP contribution in [0, 0.1) is 0 Å². The van der Waals surface area contributed by atoms with Crippen molar-refractivity contribution in [1.82, 2.24) is 19.1 Å². The Kier molecular flexibility index (Phi) is 6.04. The van der Waals surface area contributed by atoms with E-state index in [0.717, 1.165) is 6.04 Å². The third kappa shape index (κ3) is 4.52. The third-order valence-corrected chi connectivity index (χ3v) is 6.38. The highest BCUT2D eigenvalue weighted by atomic mass is 35.5. The minimum Gasteiger partial charge on any atom is -0.361 e. The van der Waals surface area contributed by atoms with Crippen molar-refractivity contribution < 1.29 is 4.74 Å². The SMILES string of the molecule is C[C@H](N)c1nc2cccc(Cl)c2c(=O)n1-c1cn(COCC[Si](C)(C)C)cn1. The molecule has 0 radical (unpaired) electrons. The van der Waals surface area contributed by atoms with E-state index in [0.29, 0.717) is 40.9 Å². The number of halogens is 1. The van der Waals surface area contributed by atoms with Gasteiger partial charge in [-0.05, 0) is 25.1 Å². The van der Waals surface area contributed by atoms with Gasteiger partial charge in [-0.2, -0.15) is 0 Å². The Labute approximate surface area is 170 Å². The predicted octanol–water partition coefficient (Wildman–Crippen LogP) is 3.57. The molecule has 0 saturated heterocycles. The third-order valence-electron chi connectivity index (χ3n) is 4.37. The molecular weight excluding hydrogens is 394 g/mol. The first kappa shape index (κ1) is 20.7. The van der Waals surface area contributed by atoms with Crippen molar-refractivity contribution >= 4 is 30.6 Å². The van der Waals surface area contributed by atoms with Gasteiger partial charge in [0.15, 0.2) is 5.82 Å². The number of rotatable bonds is 7. The number of fused-ring (bicyclic) bond motifs is 1. The lowest BCUT2D eigenvalue weighted by atomic mass is 10.2. The van der Waals surface area contributed by atoms with Crippen LogP contribution in [0.5, 0.6) is 0 Å². The summed E-state index contributed by atoms with van der Waals surface area (Å²) in [6.07, 6.45) is 3.39. The summed E-state index contributed by atoms with van der Waals surface area (Å²) in [6, 6.07) is 5.83. The predicted molar refractivity (Wildman–Crippen MR) is 115 cm³/mol. The van der Waals surface area contributed by atoms with Crippen LogP contribution in [0.4, 0.5) is 0 Å². The topological polar surface area (TPSA) is 88.0 Å². The van der Waals surface area contributed by atoms with Gasteiger partial charge in [-0.1, -0.05) is 37.3 Å². The summed E-state index contributed by atoms with van der Waals surface area (Å²) in [5.74, 6) is 0.880. The number of nitrogens with two attached hydrogens (primary N) is 1. The van der Waals surface area contributed by atoms with E-state index in [1.807, 2.05) is 0 Å². The van der Waals surface area contributed by atoms with Crippen LogP contribution in [0.15, 0.2) is 35.5 Å². The van der Waals surface area contributed by atoms with Gasteiger partial charge in [0.05, 0.1) is 34.5 Å². The molecule has 1 aromatic carbocycles. The lowest BCUT2D eigenvalue weighted by Crippen LogP contribution is -2.28. The first-order valence-electron chi connectivity index (χ1n) is 9.24. The van der Waals surface area contributed by atoms with Gasteiger partial charge in [0.1, 0.15) is 12.6 Å². The second-order valence-electron chi connectivity index (χ2n) is 8.13. The van der Waals surface area contributed by atoms with E-state index in [1.165, 1.54) is 4.57 Å². The maximum atomic E-state index is 13.2. The summed E-state index contributed by atoms with van der Waals surface area (Å²) in [5, 5.41) is 0.712. The molecule has 1 atom stereocenters. The van der Waals surface area contributed by atoms with Gasteiger partial charge < -0.3 is 15.0 Å². The van der Waals surface area contributed by atoms with Crippen LogP contribution in [-0.4, -0.2) is 33.8 Å². The van der Waals surface area contributed by atoms with E-state index in [9.17, 15) is 4.79 Å². The molecular formula is C19H26ClN5O2Si. The van der Waals surface area contributed by atoms with Crippen LogP contribution in [0.1, 0.15) is 18.8 Å². The van der Waals surface area contributed by atoms with E-state index < -0.39 is 14.1 Å². The number of imidazole rings is 1. The molecule has 2 N–H and O–H groups in total. The zero-order chi connectivity index (χ0) is 20.5. The fraction of sp³-hybridized carbons (Fsp3) is 0.421. The highest BCUT2D eigenvalue weighted by Gasteiger charge is 2.19. The van der Waals surface area contributed by atoms with Crippen LogP contribution >= 0.6 is 11.6 Å². The molecule has 0 spiro atoms. The van der Waals surface area contributed by atoms with Crippen molar-refractivity contribution in [2.45, 2.75) is 45.4 Å². The molecule has 2 aromatic heterocycles. The Balaban J connectivity index is 1.94. The maximum absolute atomic E-state index is 13.2. The van der Waals surface area contributed by atoms with Crippen LogP contribution in [0.3, 0.4) is 0 Å². The summed E-state index contributed by atoms with van der Waals surface area (Å²) in [7, 11) is -1.13. The van der Waals surface area contributed by atoms with Gasteiger partial charge >= 0.3 is 0 Å². The van der Waals surface area contributed by atoms with Gasteiger partial charge in [-0.15, -0.1) is 0 Å². The Morgan fingerprint density at radius 1 is 1.32 bits per heavy atom. The molecule has 3 aromatic rings. The van der Waals surface area contributed by atoms with Crippen molar-refractivity contribution in [3.05, 3.63) is 51.9 Å². The van der Waals surface area contributed by atoms with Crippen molar-refractivity contribution in [3.63, 3.8) is 0 Å². The van der Waals surface area contributed by atoms with E-state index in [1.54, 1.807) is 42.2 Å². The Morgan fingerprint density at radius 3 is 2.75 bits per heavy atom. The molecule has 150 valence electrons. The summed E-state index contributed by atoms with van der Waals surface area (Å²) >= 11 is 6.25. The quantitative estimate of drug-likeness (QED) is 0.467. The van der Waals surface area contributed by atoms with Gasteiger partial charge in [-0.3, -0.25) is 4.79 Å². The first-order valence-corrected chi connectivity index (χ1v) is 13.3. The first-order chi connectivity index (χ1) is 13.2. The standard InChI is InChI=1S/C19H26ClN5O2Si/c1-13(21)18-23-15-7-5-6-14(20)17(15)19(26)25(18)16-10-24(11-22-16)12-27-8-9-28(2,3)4/h5-7,10-11,13H,8-9,12,21H2,1-4H3/t13-/m0/s1. The normalized spacial score (nSPS) is 13.2. The van der Waals surface area contributed by atoms with E-state index in [-0.39, 0.29) is 5.56 Å². The molecule has 9 heteroatoms. The second kappa shape index (κ2) is 8.16. The van der Waals surface area contributed by atoms with Crippen LogP contribution < -0.4 is 11.3 Å². The number of nitrogens with zero attached hydrogens (tertiary/aromatic N) is 4. The van der Waals surface area contributed by atoms with Crippen molar-refractivity contribution in [3.8, 4) is 5.82 Å². The molecule has 0 unspecified atom stereocenters. The Bertz CT molecular complexity index is 1040. The fourth-order valence-electron chi connectivity index (χ4n) is 2.82. The number of hydrogen-bond donors (Lipinski definition) is 1. The summed E-state index contributed by atoms with van der Waals surface area (Å²) < 4.78 is 8.98. The largest absolute Gasteiger partial charge is 0.361 e. The summed E-state index contributed by atoms with van der Waals surface area (Å²) in [6.45, 7) is 9.80. The number of hydrogen-bond acceptors (Lipinski definition) is 5. The average Bonchev–Trinajstić information content (AvgIpc) is 3.06. The molecule has 0 aliphatic rings. The van der Waals surface area contributed by atoms with Gasteiger partial charge in [0, 0.05) is 14.7 Å². The zero-order valence-corrected chi connectivity index (χ0v) is 18.4. The maximum Gasteiger partial charge on any atom is 0.268 e. The lowest BCUT2D eigenvalue weighted by Gasteiger charge is -2.15. The molecule has 0 fully saturated rings. The smallest absolute Gasteiger partial charge is 0.268 e. The molecule has 0 saturated carbocycles. The van der Waals surface area contributed by atoms with Crippen molar-refractivity contribution in [2.24, 2.45) is 5.73 Å². The summed E-state index contributed by atoms with van der Waals surface area (Å²) in [4.78, 5) is 22.1. The molecule has 28 heavy (non-hydrogen) atoms. The van der Waals surface area contributed by atoms with E-state index in [4.69, 9.17) is 22.1 Å². The Hall–Kier alpha value is -2.00. The van der Waals surface area contributed by atoms with Crippen molar-refractivity contribution in [1.29, 1.82) is 0 Å². The molecule has 2 heterocycles. The molecule has 0 aliphatic carbocycles. The fourth-order valence-corrected chi connectivity index (χ4v) is 3.82. The lowest BCUT2D eigenvalue weighted by molar-refractivity contribution is 0.0871. The Morgan fingerprint density at radius 2 is 2.07 bits per heavy atom. The van der Waals surface area contributed by atoms with E-state index in [2.05, 4.69) is 29.6 Å². The monoisotopic (exact) mass is 419 g/mol. The minimum absolute atomic E-state index is 0.284. The highest BCUT2D eigenvalue weighted by molar-refractivity contribution is 6.76. The van der Waals surface area contributed by atoms with Crippen LogP contribution in [0.25, 0.3) is 16.7 Å². The van der Waals surface area contributed by atoms with Crippen molar-refractivity contribution in [2.75, 3.05) is 6.61 Å². The number of aromatic nitrogens is 4. The second-order valence-corrected chi connectivity index (χ2v) is 14.2. The van der Waals surface area contributed by atoms with Gasteiger partial charge in [0.25, 0.3) is 5.56 Å². The minimum atomic E-state index is -1.13. The zero-order valence-electron chi connectivity index (χ0n) is 16.6. The van der Waals surface area contributed by atoms with E-state index >= 15 is 0 Å². The summed E-state index contributed by atoms with van der Waals surface area (Å²) in [5.41, 5.74) is 6.32. The molecule has 0 amide bonds. The van der Waals surface area contributed by atoms with Crippen LogP contribution in [-0.2, 0) is 11.5 Å². The number of ether oxygens (including phenoxy) is 1. The van der Waals surface area contributed by atoms with Crippen LogP contribution in [0.2, 0.25) is 30.7 Å². The number of benzene rings is 1. The highest BCUT2D eigenvalue weighted by Crippen LogP contribution is 2.21. The molecule has 0 bridgehead atoms. The molecule has 0 aliphatic heterocycles.